The quantitative estimate of drug-likeness (QED) is 0.0862. The molecule has 5 rings (SSSR count). The van der Waals surface area contributed by atoms with Crippen LogP contribution in [0.25, 0.3) is 11.3 Å². The van der Waals surface area contributed by atoms with Crippen molar-refractivity contribution in [2.24, 2.45) is 0 Å². The Hall–Kier alpha value is -3.20. The molecule has 0 aliphatic heterocycles. The second-order valence-corrected chi connectivity index (χ2v) is 10.9. The molecule has 0 saturated carbocycles. The van der Waals surface area contributed by atoms with Crippen molar-refractivity contribution in [3.8, 4) is 5.69 Å². The van der Waals surface area contributed by atoms with E-state index in [1.807, 2.05) is 48.7 Å². The molecule has 196 valence electrons. The van der Waals surface area contributed by atoms with Gasteiger partial charge in [-0.05, 0) is 64.3 Å². The first-order valence-corrected chi connectivity index (χ1v) is 14.2. The van der Waals surface area contributed by atoms with Crippen LogP contribution >= 0.6 is 47.7 Å². The molecular formula is C23H22ClN9O2S3. The summed E-state index contributed by atoms with van der Waals surface area (Å²) in [6, 6.07) is 15.4. The Balaban J connectivity index is 0.00000336. The zero-order valence-electron chi connectivity index (χ0n) is 20.1. The van der Waals surface area contributed by atoms with Crippen LogP contribution in [0.5, 0.6) is 0 Å². The lowest BCUT2D eigenvalue weighted by Gasteiger charge is -2.10. The van der Waals surface area contributed by atoms with Crippen LogP contribution in [0.1, 0.15) is 17.7 Å². The van der Waals surface area contributed by atoms with E-state index in [0.29, 0.717) is 11.4 Å². The van der Waals surface area contributed by atoms with Gasteiger partial charge in [-0.2, -0.15) is 4.68 Å². The maximum atomic E-state index is 11.1. The van der Waals surface area contributed by atoms with Crippen LogP contribution in [-0.2, 0) is 5.75 Å². The Labute approximate surface area is 236 Å². The second-order valence-electron chi connectivity index (χ2n) is 7.74. The number of rotatable bonds is 11. The summed E-state index contributed by atoms with van der Waals surface area (Å²) in [6.45, 7) is 2.09. The summed E-state index contributed by atoms with van der Waals surface area (Å²) < 4.78 is 3.00. The third-order valence-electron chi connectivity index (χ3n) is 5.34. The molecule has 0 bridgehead atoms. The Morgan fingerprint density at radius 1 is 1.00 bits per heavy atom. The highest BCUT2D eigenvalue weighted by Gasteiger charge is 2.16. The fourth-order valence-electron chi connectivity index (χ4n) is 3.46. The number of hydrogen-bond acceptors (Lipinski definition) is 11. The Morgan fingerprint density at radius 3 is 2.63 bits per heavy atom. The van der Waals surface area contributed by atoms with Gasteiger partial charge in [-0.15, -0.1) is 41.0 Å². The number of pyridine rings is 1. The third kappa shape index (κ3) is 6.43. The van der Waals surface area contributed by atoms with Crippen molar-refractivity contribution in [2.75, 3.05) is 11.5 Å². The van der Waals surface area contributed by atoms with E-state index in [2.05, 4.69) is 37.5 Å². The van der Waals surface area contributed by atoms with Crippen LogP contribution in [0, 0.1) is 17.0 Å². The van der Waals surface area contributed by atoms with Crippen LogP contribution in [-0.4, -0.2) is 56.2 Å². The first-order valence-electron chi connectivity index (χ1n) is 11.3. The van der Waals surface area contributed by atoms with Crippen molar-refractivity contribution in [1.82, 2.24) is 39.8 Å². The number of nitro groups is 1. The smallest absolute Gasteiger partial charge is 0.358 e. The molecular weight excluding hydrogens is 566 g/mol. The van der Waals surface area contributed by atoms with Gasteiger partial charge in [0, 0.05) is 28.7 Å². The molecule has 1 aromatic carbocycles. The maximum absolute atomic E-state index is 11.1. The third-order valence-corrected chi connectivity index (χ3v) is 8.52. The minimum absolute atomic E-state index is 0. The number of thioether (sulfide) groups is 3. The molecule has 0 spiro atoms. The summed E-state index contributed by atoms with van der Waals surface area (Å²) >= 11 is 4.93. The molecule has 0 saturated heterocycles. The van der Waals surface area contributed by atoms with E-state index >= 15 is 0 Å². The fraction of sp³-hybridized carbons (Fsp3) is 0.217. The number of hydrogen-bond donors (Lipinski definition) is 0. The lowest BCUT2D eigenvalue weighted by Crippen LogP contribution is -2.00. The van der Waals surface area contributed by atoms with Gasteiger partial charge < -0.3 is 10.1 Å². The van der Waals surface area contributed by atoms with Crippen LogP contribution in [0.15, 0.2) is 76.0 Å². The summed E-state index contributed by atoms with van der Waals surface area (Å²) in [7, 11) is 0. The average molecular weight is 588 g/mol. The van der Waals surface area contributed by atoms with Crippen molar-refractivity contribution in [2.45, 2.75) is 34.2 Å². The van der Waals surface area contributed by atoms with E-state index < -0.39 is 4.92 Å². The van der Waals surface area contributed by atoms with Crippen LogP contribution < -0.4 is 0 Å². The second kappa shape index (κ2) is 13.0. The van der Waals surface area contributed by atoms with Gasteiger partial charge in [0.05, 0.1) is 11.4 Å². The highest BCUT2D eigenvalue weighted by molar-refractivity contribution is 8.00. The molecule has 0 fully saturated rings. The summed E-state index contributed by atoms with van der Waals surface area (Å²) in [4.78, 5) is 20.4. The lowest BCUT2D eigenvalue weighted by molar-refractivity contribution is -0.391. The summed E-state index contributed by atoms with van der Waals surface area (Å²) in [5, 5.41) is 29.0. The molecule has 0 aliphatic rings. The van der Waals surface area contributed by atoms with Crippen molar-refractivity contribution in [3.63, 3.8) is 0 Å². The Kier molecular flexibility index (Phi) is 9.55. The topological polar surface area (TPSA) is 130 Å². The van der Waals surface area contributed by atoms with Crippen LogP contribution in [0.2, 0.25) is 0 Å². The molecule has 0 atom stereocenters. The number of aromatic nitrogens is 8. The van der Waals surface area contributed by atoms with Crippen molar-refractivity contribution >= 4 is 59.2 Å². The summed E-state index contributed by atoms with van der Waals surface area (Å²) in [6.07, 6.45) is 4.03. The average Bonchev–Trinajstić information content (AvgIpc) is 3.56. The first-order chi connectivity index (χ1) is 18.1. The SMILES string of the molecule is Cc1c(SCCCSc2ccc3ncc([N+](=O)[O-])n3n2)ccnc1CSc1nnnn1-c1ccccc1.Cl. The number of fused-ring (bicyclic) bond motifs is 1. The standard InChI is InChI=1S/C23H21N9O2S3.ClH/c1-16-18(15-37-23-26-28-29-30(23)17-6-3-2-4-7-17)24-11-10-19(16)35-12-5-13-36-21-9-8-20-25-14-22(32(33)34)31(20)27-21;/h2-4,6-11,14H,5,12-13,15H2,1H3;1H. The number of nitrogens with zero attached hydrogens (tertiary/aromatic N) is 9. The Bertz CT molecular complexity index is 1530. The minimum atomic E-state index is -0.479. The monoisotopic (exact) mass is 587 g/mol. The molecule has 15 heteroatoms. The van der Waals surface area contributed by atoms with Crippen LogP contribution in [0.4, 0.5) is 5.82 Å². The molecule has 5 aromatic rings. The number of halogens is 1. The van der Waals surface area contributed by atoms with Gasteiger partial charge in [0.1, 0.15) is 11.2 Å². The van der Waals surface area contributed by atoms with E-state index in [4.69, 9.17) is 0 Å². The highest BCUT2D eigenvalue weighted by Crippen LogP contribution is 2.29. The number of para-hydroxylation sites is 1. The van der Waals surface area contributed by atoms with Crippen molar-refractivity contribution < 1.29 is 4.92 Å². The number of tetrazole rings is 1. The molecule has 11 nitrogen and oxygen atoms in total. The highest BCUT2D eigenvalue weighted by atomic mass is 35.5. The van der Waals surface area contributed by atoms with E-state index in [-0.39, 0.29) is 18.2 Å². The molecule has 0 radical (unpaired) electrons. The molecule has 4 aromatic heterocycles. The molecule has 0 aliphatic carbocycles. The van der Waals surface area contributed by atoms with Gasteiger partial charge in [-0.1, -0.05) is 39.6 Å². The normalized spacial score (nSPS) is 11.0. The minimum Gasteiger partial charge on any atom is -0.358 e. The van der Waals surface area contributed by atoms with Gasteiger partial charge in [-0.25, -0.2) is 4.98 Å². The van der Waals surface area contributed by atoms with E-state index in [1.54, 1.807) is 46.0 Å². The van der Waals surface area contributed by atoms with E-state index in [0.717, 1.165) is 45.1 Å². The largest absolute Gasteiger partial charge is 0.368 e. The van der Waals surface area contributed by atoms with E-state index in [9.17, 15) is 10.1 Å². The molecule has 38 heavy (non-hydrogen) atoms. The number of imidazole rings is 1. The summed E-state index contributed by atoms with van der Waals surface area (Å²) in [5.41, 5.74) is 3.54. The van der Waals surface area contributed by atoms with Crippen molar-refractivity contribution in [1.29, 1.82) is 0 Å². The predicted molar refractivity (Wildman–Crippen MR) is 151 cm³/mol. The zero-order chi connectivity index (χ0) is 25.6. The first kappa shape index (κ1) is 27.8. The Morgan fingerprint density at radius 2 is 1.82 bits per heavy atom. The van der Waals surface area contributed by atoms with Gasteiger partial charge in [-0.3, -0.25) is 4.98 Å². The van der Waals surface area contributed by atoms with E-state index in [1.165, 1.54) is 15.6 Å². The molecule has 0 N–H and O–H groups in total. The predicted octanol–water partition coefficient (Wildman–Crippen LogP) is 5.31. The van der Waals surface area contributed by atoms with Gasteiger partial charge in [0.15, 0.2) is 0 Å². The summed E-state index contributed by atoms with van der Waals surface area (Å²) in [5.74, 6) is 2.32. The maximum Gasteiger partial charge on any atom is 0.368 e. The molecule has 0 amide bonds. The molecule has 4 heterocycles. The van der Waals surface area contributed by atoms with Gasteiger partial charge in [0.2, 0.25) is 10.8 Å². The molecule has 0 unspecified atom stereocenters. The number of benzene rings is 1. The van der Waals surface area contributed by atoms with Crippen LogP contribution in [0.3, 0.4) is 0 Å². The van der Waals surface area contributed by atoms with Crippen molar-refractivity contribution in [3.05, 3.63) is 82.3 Å². The fourth-order valence-corrected chi connectivity index (χ4v) is 6.36. The zero-order valence-corrected chi connectivity index (χ0v) is 23.3. The lowest BCUT2D eigenvalue weighted by atomic mass is 10.2. The van der Waals surface area contributed by atoms with Gasteiger partial charge >= 0.3 is 5.82 Å². The van der Waals surface area contributed by atoms with Gasteiger partial charge in [0.25, 0.3) is 0 Å².